The van der Waals surface area contributed by atoms with Crippen LogP contribution in [-0.4, -0.2) is 15.2 Å². The van der Waals surface area contributed by atoms with Crippen molar-refractivity contribution in [2.24, 2.45) is 0 Å². The SMILES string of the molecule is Cc1cc(C(=O)Cc2cn3ccsc3n2)ccc1N. The molecular formula is C14H13N3OS. The number of carbonyl (C=O) groups is 1. The second-order valence-electron chi connectivity index (χ2n) is 4.50. The molecule has 0 spiro atoms. The number of aromatic nitrogens is 2. The third kappa shape index (κ3) is 2.24. The maximum absolute atomic E-state index is 12.2. The molecule has 0 aliphatic rings. The van der Waals surface area contributed by atoms with Gasteiger partial charge in [0.1, 0.15) is 0 Å². The average molecular weight is 271 g/mol. The predicted octanol–water partition coefficient (Wildman–Crippen LogP) is 2.71. The number of fused-ring (bicyclic) bond motifs is 1. The number of rotatable bonds is 3. The highest BCUT2D eigenvalue weighted by Crippen LogP contribution is 2.16. The molecule has 0 radical (unpaired) electrons. The summed E-state index contributed by atoms with van der Waals surface area (Å²) in [6.07, 6.45) is 4.15. The molecule has 2 heterocycles. The number of imidazole rings is 1. The zero-order valence-corrected chi connectivity index (χ0v) is 11.3. The first kappa shape index (κ1) is 11.9. The number of nitrogens with two attached hydrogens (primary N) is 1. The van der Waals surface area contributed by atoms with Gasteiger partial charge >= 0.3 is 0 Å². The molecule has 3 aromatic rings. The molecule has 0 aliphatic carbocycles. The number of nitrogens with zero attached hydrogens (tertiary/aromatic N) is 2. The van der Waals surface area contributed by atoms with Gasteiger partial charge in [-0.15, -0.1) is 11.3 Å². The van der Waals surface area contributed by atoms with Crippen molar-refractivity contribution in [3.63, 3.8) is 0 Å². The fourth-order valence-electron chi connectivity index (χ4n) is 1.98. The lowest BCUT2D eigenvalue weighted by Crippen LogP contribution is -2.05. The highest BCUT2D eigenvalue weighted by molar-refractivity contribution is 7.15. The average Bonchev–Trinajstić information content (AvgIpc) is 2.93. The van der Waals surface area contributed by atoms with E-state index in [1.807, 2.05) is 35.2 Å². The van der Waals surface area contributed by atoms with Crippen LogP contribution in [0.3, 0.4) is 0 Å². The third-order valence-electron chi connectivity index (χ3n) is 3.08. The number of carbonyl (C=O) groups excluding carboxylic acids is 1. The summed E-state index contributed by atoms with van der Waals surface area (Å²) in [5.41, 5.74) is 8.87. The molecule has 2 aromatic heterocycles. The summed E-state index contributed by atoms with van der Waals surface area (Å²) in [6.45, 7) is 1.90. The molecule has 2 N–H and O–H groups in total. The van der Waals surface area contributed by atoms with Gasteiger partial charge in [0.25, 0.3) is 0 Å². The number of benzene rings is 1. The van der Waals surface area contributed by atoms with Crippen molar-refractivity contribution in [1.29, 1.82) is 0 Å². The standard InChI is InChI=1S/C14H13N3OS/c1-9-6-10(2-3-12(9)15)13(18)7-11-8-17-4-5-19-14(17)16-11/h2-6,8H,7,15H2,1H3. The van der Waals surface area contributed by atoms with Crippen LogP contribution in [0.15, 0.2) is 36.0 Å². The van der Waals surface area contributed by atoms with E-state index >= 15 is 0 Å². The summed E-state index contributed by atoms with van der Waals surface area (Å²) in [6, 6.07) is 5.37. The van der Waals surface area contributed by atoms with E-state index in [-0.39, 0.29) is 5.78 Å². The Morgan fingerprint density at radius 2 is 2.32 bits per heavy atom. The zero-order chi connectivity index (χ0) is 13.4. The van der Waals surface area contributed by atoms with Crippen molar-refractivity contribution in [2.75, 3.05) is 5.73 Å². The highest BCUT2D eigenvalue weighted by atomic mass is 32.1. The molecule has 0 fully saturated rings. The van der Waals surface area contributed by atoms with Crippen LogP contribution in [-0.2, 0) is 6.42 Å². The van der Waals surface area contributed by atoms with Gasteiger partial charge in [0, 0.05) is 29.0 Å². The second kappa shape index (κ2) is 4.51. The molecule has 0 atom stereocenters. The minimum atomic E-state index is 0.0638. The number of aryl methyl sites for hydroxylation is 1. The van der Waals surface area contributed by atoms with E-state index in [4.69, 9.17) is 5.73 Å². The summed E-state index contributed by atoms with van der Waals surface area (Å²) < 4.78 is 1.93. The molecule has 19 heavy (non-hydrogen) atoms. The van der Waals surface area contributed by atoms with Crippen LogP contribution in [0.2, 0.25) is 0 Å². The molecule has 5 heteroatoms. The van der Waals surface area contributed by atoms with E-state index < -0.39 is 0 Å². The zero-order valence-electron chi connectivity index (χ0n) is 10.5. The van der Waals surface area contributed by atoms with Gasteiger partial charge < -0.3 is 5.73 Å². The Hall–Kier alpha value is -2.14. The lowest BCUT2D eigenvalue weighted by atomic mass is 10.0. The molecule has 96 valence electrons. The Kier molecular flexibility index (Phi) is 2.83. The summed E-state index contributed by atoms with van der Waals surface area (Å²) >= 11 is 1.56. The Labute approximate surface area is 114 Å². The van der Waals surface area contributed by atoms with E-state index in [0.717, 1.165) is 16.2 Å². The van der Waals surface area contributed by atoms with Crippen LogP contribution < -0.4 is 5.73 Å². The van der Waals surface area contributed by atoms with Gasteiger partial charge in [0.2, 0.25) is 0 Å². The Bertz CT molecular complexity index is 728. The minimum Gasteiger partial charge on any atom is -0.399 e. The van der Waals surface area contributed by atoms with Crippen molar-refractivity contribution in [1.82, 2.24) is 9.38 Å². The molecule has 4 nitrogen and oxygen atoms in total. The van der Waals surface area contributed by atoms with Gasteiger partial charge in [0.05, 0.1) is 12.1 Å². The predicted molar refractivity (Wildman–Crippen MR) is 76.7 cm³/mol. The fourth-order valence-corrected chi connectivity index (χ4v) is 2.70. The van der Waals surface area contributed by atoms with Gasteiger partial charge in [0.15, 0.2) is 10.7 Å². The number of hydrogen-bond acceptors (Lipinski definition) is 4. The van der Waals surface area contributed by atoms with Crippen LogP contribution in [0, 0.1) is 6.92 Å². The molecular weight excluding hydrogens is 258 g/mol. The topological polar surface area (TPSA) is 60.4 Å². The van der Waals surface area contributed by atoms with Crippen LogP contribution in [0.4, 0.5) is 5.69 Å². The monoisotopic (exact) mass is 271 g/mol. The molecule has 0 saturated carbocycles. The number of ketones is 1. The van der Waals surface area contributed by atoms with Crippen LogP contribution in [0.25, 0.3) is 4.96 Å². The quantitative estimate of drug-likeness (QED) is 0.588. The summed E-state index contributed by atoms with van der Waals surface area (Å²) in [5, 5.41) is 1.97. The van der Waals surface area contributed by atoms with Gasteiger partial charge in [-0.1, -0.05) is 0 Å². The first-order valence-electron chi connectivity index (χ1n) is 5.94. The number of anilines is 1. The van der Waals surface area contributed by atoms with E-state index in [1.165, 1.54) is 0 Å². The van der Waals surface area contributed by atoms with Crippen LogP contribution in [0.5, 0.6) is 0 Å². The smallest absolute Gasteiger partial charge is 0.193 e. The van der Waals surface area contributed by atoms with Gasteiger partial charge in [-0.05, 0) is 30.7 Å². The van der Waals surface area contributed by atoms with Crippen molar-refractivity contribution in [2.45, 2.75) is 13.3 Å². The summed E-state index contributed by atoms with van der Waals surface area (Å²) in [7, 11) is 0. The third-order valence-corrected chi connectivity index (χ3v) is 3.85. The fraction of sp³-hybridized carbons (Fsp3) is 0.143. The Balaban J connectivity index is 1.84. The second-order valence-corrected chi connectivity index (χ2v) is 5.37. The van der Waals surface area contributed by atoms with Crippen molar-refractivity contribution in [3.8, 4) is 0 Å². The number of thiazole rings is 1. The van der Waals surface area contributed by atoms with Crippen molar-refractivity contribution in [3.05, 3.63) is 52.8 Å². The Morgan fingerprint density at radius 1 is 1.47 bits per heavy atom. The van der Waals surface area contributed by atoms with E-state index in [2.05, 4.69) is 4.98 Å². The van der Waals surface area contributed by atoms with Crippen LogP contribution in [0.1, 0.15) is 21.6 Å². The van der Waals surface area contributed by atoms with E-state index in [9.17, 15) is 4.79 Å². The van der Waals surface area contributed by atoms with Crippen LogP contribution >= 0.6 is 11.3 Å². The Morgan fingerprint density at radius 3 is 3.05 bits per heavy atom. The lowest BCUT2D eigenvalue weighted by Gasteiger charge is -2.03. The maximum atomic E-state index is 12.2. The maximum Gasteiger partial charge on any atom is 0.193 e. The largest absolute Gasteiger partial charge is 0.399 e. The van der Waals surface area contributed by atoms with Gasteiger partial charge in [-0.2, -0.15) is 0 Å². The number of hydrogen-bond donors (Lipinski definition) is 1. The van der Waals surface area contributed by atoms with E-state index in [1.54, 1.807) is 23.5 Å². The molecule has 3 rings (SSSR count). The molecule has 0 amide bonds. The van der Waals surface area contributed by atoms with Crippen molar-refractivity contribution < 1.29 is 4.79 Å². The molecule has 0 saturated heterocycles. The lowest BCUT2D eigenvalue weighted by molar-refractivity contribution is 0.0992. The minimum absolute atomic E-state index is 0.0638. The van der Waals surface area contributed by atoms with E-state index in [0.29, 0.717) is 17.7 Å². The van der Waals surface area contributed by atoms with Crippen molar-refractivity contribution >= 4 is 27.8 Å². The molecule has 1 aromatic carbocycles. The molecule has 0 unspecified atom stereocenters. The summed E-state index contributed by atoms with van der Waals surface area (Å²) in [4.78, 5) is 17.5. The molecule has 0 bridgehead atoms. The highest BCUT2D eigenvalue weighted by Gasteiger charge is 2.11. The first-order chi connectivity index (χ1) is 9.13. The van der Waals surface area contributed by atoms with Gasteiger partial charge in [-0.3, -0.25) is 9.20 Å². The normalized spacial score (nSPS) is 11.0. The number of Topliss-reactive ketones (excluding diaryl/α,β-unsaturated/α-hetero) is 1. The first-order valence-corrected chi connectivity index (χ1v) is 6.82. The van der Waals surface area contributed by atoms with Gasteiger partial charge in [-0.25, -0.2) is 4.98 Å². The number of nitrogen functional groups attached to an aromatic ring is 1. The summed E-state index contributed by atoms with van der Waals surface area (Å²) in [5.74, 6) is 0.0638. The molecule has 0 aliphatic heterocycles.